The highest BCUT2D eigenvalue weighted by Gasteiger charge is 2.47. The van der Waals surface area contributed by atoms with Crippen molar-refractivity contribution in [1.82, 2.24) is 4.90 Å². The first-order valence-corrected chi connectivity index (χ1v) is 6.95. The molecule has 1 aliphatic carbocycles. The van der Waals surface area contributed by atoms with Gasteiger partial charge >= 0.3 is 5.97 Å². The van der Waals surface area contributed by atoms with Crippen molar-refractivity contribution in [3.05, 3.63) is 0 Å². The lowest BCUT2D eigenvalue weighted by molar-refractivity contribution is -0.149. The number of nitrogens with zero attached hydrogens (tertiary/aromatic N) is 1. The summed E-state index contributed by atoms with van der Waals surface area (Å²) in [7, 11) is -3.79. The lowest BCUT2D eigenvalue weighted by atomic mass is 10.1. The smallest absolute Gasteiger partial charge is 0.326 e. The van der Waals surface area contributed by atoms with E-state index in [0.717, 1.165) is 17.7 Å². The number of hydrogen-bond acceptors (Lipinski definition) is 4. The number of nitrogens with two attached hydrogens (primary N) is 1. The molecular formula is C9H14N2O5S. The Labute approximate surface area is 98.6 Å². The van der Waals surface area contributed by atoms with Crippen LogP contribution in [0, 0.1) is 5.92 Å². The fourth-order valence-corrected chi connectivity index (χ4v) is 2.93. The van der Waals surface area contributed by atoms with Gasteiger partial charge in [0.1, 0.15) is 11.3 Å². The summed E-state index contributed by atoms with van der Waals surface area (Å²) < 4.78 is 22.3. The van der Waals surface area contributed by atoms with Crippen LogP contribution in [0.25, 0.3) is 0 Å². The van der Waals surface area contributed by atoms with Crippen molar-refractivity contribution >= 4 is 21.9 Å². The molecule has 2 atom stereocenters. The van der Waals surface area contributed by atoms with E-state index in [-0.39, 0.29) is 18.9 Å². The number of sulfonamides is 1. The zero-order chi connectivity index (χ0) is 12.8. The molecule has 1 aliphatic heterocycles. The second kappa shape index (κ2) is 3.95. The van der Waals surface area contributed by atoms with Gasteiger partial charge in [0.15, 0.2) is 0 Å². The Hall–Kier alpha value is -1.15. The minimum absolute atomic E-state index is 0.0457. The molecule has 1 amide bonds. The van der Waals surface area contributed by atoms with Crippen LogP contribution >= 0.6 is 0 Å². The number of carboxylic acids is 1. The number of carbonyl (C=O) groups is 2. The Morgan fingerprint density at radius 1 is 1.47 bits per heavy atom. The molecule has 1 saturated carbocycles. The van der Waals surface area contributed by atoms with Crippen LogP contribution in [0.15, 0.2) is 0 Å². The fraction of sp³-hybridized carbons (Fsp3) is 0.778. The Balaban J connectivity index is 2.17. The maximum absolute atomic E-state index is 11.7. The number of amides is 1. The molecule has 1 heterocycles. The van der Waals surface area contributed by atoms with Gasteiger partial charge in [-0.3, -0.25) is 4.79 Å². The molecule has 2 aliphatic rings. The Kier molecular flexibility index (Phi) is 2.86. The number of likely N-dealkylation sites (tertiary alicyclic amines) is 1. The van der Waals surface area contributed by atoms with Crippen LogP contribution in [0.4, 0.5) is 0 Å². The highest BCUT2D eigenvalue weighted by molar-refractivity contribution is 7.89. The Morgan fingerprint density at radius 3 is 2.41 bits per heavy atom. The van der Waals surface area contributed by atoms with E-state index in [0.29, 0.717) is 0 Å². The third kappa shape index (κ3) is 2.42. The zero-order valence-corrected chi connectivity index (χ0v) is 9.89. The molecule has 0 aromatic rings. The predicted octanol–water partition coefficient (Wildman–Crippen LogP) is -1.26. The van der Waals surface area contributed by atoms with Gasteiger partial charge in [0, 0.05) is 13.0 Å². The van der Waals surface area contributed by atoms with E-state index in [1.807, 2.05) is 0 Å². The molecule has 7 nitrogen and oxygen atoms in total. The summed E-state index contributed by atoms with van der Waals surface area (Å²) in [5.74, 6) is -1.56. The molecule has 0 aromatic heterocycles. The quantitative estimate of drug-likeness (QED) is 0.655. The zero-order valence-electron chi connectivity index (χ0n) is 9.07. The van der Waals surface area contributed by atoms with E-state index in [2.05, 4.69) is 0 Å². The normalized spacial score (nSPS) is 27.2. The maximum Gasteiger partial charge on any atom is 0.326 e. The molecule has 0 aromatic carbocycles. The van der Waals surface area contributed by atoms with E-state index < -0.39 is 33.2 Å². The summed E-state index contributed by atoms with van der Waals surface area (Å²) in [4.78, 5) is 23.9. The van der Waals surface area contributed by atoms with E-state index in [4.69, 9.17) is 10.2 Å². The van der Waals surface area contributed by atoms with Crippen molar-refractivity contribution in [2.45, 2.75) is 30.6 Å². The number of primary sulfonamides is 1. The molecule has 2 rings (SSSR count). The van der Waals surface area contributed by atoms with Crippen LogP contribution in [0.2, 0.25) is 0 Å². The van der Waals surface area contributed by atoms with E-state index in [1.165, 1.54) is 0 Å². The van der Waals surface area contributed by atoms with Crippen molar-refractivity contribution in [3.8, 4) is 0 Å². The topological polar surface area (TPSA) is 118 Å². The highest BCUT2D eigenvalue weighted by atomic mass is 32.2. The molecule has 1 saturated heterocycles. The third-order valence-electron chi connectivity index (χ3n) is 3.24. The van der Waals surface area contributed by atoms with Gasteiger partial charge in [-0.15, -0.1) is 0 Å². The first-order chi connectivity index (χ1) is 7.80. The molecule has 17 heavy (non-hydrogen) atoms. The van der Waals surface area contributed by atoms with Gasteiger partial charge in [0.25, 0.3) is 0 Å². The number of carboxylic acid groups (broad SMARTS) is 1. The van der Waals surface area contributed by atoms with Crippen molar-refractivity contribution in [3.63, 3.8) is 0 Å². The largest absolute Gasteiger partial charge is 0.480 e. The van der Waals surface area contributed by atoms with Gasteiger partial charge < -0.3 is 10.0 Å². The van der Waals surface area contributed by atoms with Crippen LogP contribution < -0.4 is 5.14 Å². The number of hydrogen-bond donors (Lipinski definition) is 2. The Bertz CT molecular complexity index is 456. The Morgan fingerprint density at radius 2 is 2.06 bits per heavy atom. The highest BCUT2D eigenvalue weighted by Crippen LogP contribution is 2.37. The maximum atomic E-state index is 11.7. The van der Waals surface area contributed by atoms with Crippen LogP contribution in [-0.2, 0) is 19.6 Å². The average Bonchev–Trinajstić information content (AvgIpc) is 2.90. The predicted molar refractivity (Wildman–Crippen MR) is 57.4 cm³/mol. The molecular weight excluding hydrogens is 248 g/mol. The lowest BCUT2D eigenvalue weighted by Gasteiger charge is -2.24. The van der Waals surface area contributed by atoms with Crippen molar-refractivity contribution < 1.29 is 23.1 Å². The van der Waals surface area contributed by atoms with E-state index >= 15 is 0 Å². The fourth-order valence-electron chi connectivity index (χ4n) is 2.19. The molecule has 96 valence electrons. The molecule has 0 spiro atoms. The molecule has 2 fully saturated rings. The first kappa shape index (κ1) is 12.3. The van der Waals surface area contributed by atoms with Crippen molar-refractivity contribution in [2.24, 2.45) is 11.1 Å². The standard InChI is InChI=1S/C9H14N2O5S/c10-17(15,16)6-3-7(12)11(4-6)8(9(13)14)5-1-2-5/h5-6,8H,1-4H2,(H,13,14)(H2,10,15,16)/t6?,8-/m0/s1. The summed E-state index contributed by atoms with van der Waals surface area (Å²) in [6, 6.07) is -0.894. The van der Waals surface area contributed by atoms with Crippen molar-refractivity contribution in [1.29, 1.82) is 0 Å². The van der Waals surface area contributed by atoms with Gasteiger partial charge in [-0.2, -0.15) is 0 Å². The van der Waals surface area contributed by atoms with Crippen LogP contribution in [-0.4, -0.2) is 48.1 Å². The molecule has 3 N–H and O–H groups in total. The van der Waals surface area contributed by atoms with Crippen LogP contribution in [0.1, 0.15) is 19.3 Å². The minimum atomic E-state index is -3.79. The van der Waals surface area contributed by atoms with Gasteiger partial charge in [-0.25, -0.2) is 18.4 Å². The van der Waals surface area contributed by atoms with Gasteiger partial charge in [0.2, 0.25) is 15.9 Å². The molecule has 0 bridgehead atoms. The van der Waals surface area contributed by atoms with Gasteiger partial charge in [0.05, 0.1) is 0 Å². The third-order valence-corrected chi connectivity index (χ3v) is 4.49. The molecule has 8 heteroatoms. The summed E-state index contributed by atoms with van der Waals surface area (Å²) in [5.41, 5.74) is 0. The second-order valence-electron chi connectivity index (χ2n) is 4.58. The lowest BCUT2D eigenvalue weighted by Crippen LogP contribution is -2.44. The SMILES string of the molecule is NS(=O)(=O)C1CC(=O)N([C@H](C(=O)O)C2CC2)C1. The minimum Gasteiger partial charge on any atom is -0.480 e. The monoisotopic (exact) mass is 262 g/mol. The van der Waals surface area contributed by atoms with E-state index in [1.54, 1.807) is 0 Å². The number of carbonyl (C=O) groups excluding carboxylic acids is 1. The summed E-state index contributed by atoms with van der Waals surface area (Å²) in [6.45, 7) is -0.106. The van der Waals surface area contributed by atoms with Gasteiger partial charge in [-0.05, 0) is 18.8 Å². The summed E-state index contributed by atoms with van der Waals surface area (Å²) in [5, 5.41) is 13.1. The first-order valence-electron chi connectivity index (χ1n) is 5.34. The number of aliphatic carboxylic acids is 1. The molecule has 1 unspecified atom stereocenters. The van der Waals surface area contributed by atoms with E-state index in [9.17, 15) is 18.0 Å². The average molecular weight is 262 g/mol. The van der Waals surface area contributed by atoms with Crippen molar-refractivity contribution in [2.75, 3.05) is 6.54 Å². The van der Waals surface area contributed by atoms with Crippen LogP contribution in [0.3, 0.4) is 0 Å². The summed E-state index contributed by atoms with van der Waals surface area (Å²) in [6.07, 6.45) is 1.32. The summed E-state index contributed by atoms with van der Waals surface area (Å²) >= 11 is 0. The molecule has 0 radical (unpaired) electrons. The number of rotatable bonds is 4. The van der Waals surface area contributed by atoms with Crippen LogP contribution in [0.5, 0.6) is 0 Å². The second-order valence-corrected chi connectivity index (χ2v) is 6.43. The van der Waals surface area contributed by atoms with Gasteiger partial charge in [-0.1, -0.05) is 0 Å².